The van der Waals surface area contributed by atoms with Crippen LogP contribution >= 0.6 is 0 Å². The summed E-state index contributed by atoms with van der Waals surface area (Å²) in [6, 6.07) is -0.987. The molecule has 0 saturated heterocycles. The van der Waals surface area contributed by atoms with Crippen LogP contribution in [0.4, 0.5) is 0 Å². The predicted octanol–water partition coefficient (Wildman–Crippen LogP) is -0.517. The summed E-state index contributed by atoms with van der Waals surface area (Å²) >= 11 is 0. The van der Waals surface area contributed by atoms with Gasteiger partial charge in [0.1, 0.15) is 0 Å². The van der Waals surface area contributed by atoms with Crippen LogP contribution in [0.5, 0.6) is 0 Å². The lowest BCUT2D eigenvalue weighted by molar-refractivity contribution is -0.126. The lowest BCUT2D eigenvalue weighted by atomic mass is 9.87. The van der Waals surface area contributed by atoms with Gasteiger partial charge in [0.15, 0.2) is 0 Å². The number of nitrogens with one attached hydrogen (secondary N) is 1. The van der Waals surface area contributed by atoms with Crippen LogP contribution in [0, 0.1) is 5.41 Å². The first kappa shape index (κ1) is 14.3. The summed E-state index contributed by atoms with van der Waals surface area (Å²) in [6.45, 7) is 5.79. The predicted molar refractivity (Wildman–Crippen MR) is 58.3 cm³/mol. The summed E-state index contributed by atoms with van der Waals surface area (Å²) in [5, 5.41) is 11.6. The molecule has 15 heavy (non-hydrogen) atoms. The number of methoxy groups -OCH3 is 1. The first-order valence-corrected chi connectivity index (χ1v) is 4.98. The van der Waals surface area contributed by atoms with Gasteiger partial charge >= 0.3 is 0 Å². The van der Waals surface area contributed by atoms with Crippen molar-refractivity contribution in [2.75, 3.05) is 20.3 Å². The fourth-order valence-electron chi connectivity index (χ4n) is 1.03. The number of carbonyl (C=O) groups excluding carboxylic acids is 1. The molecule has 2 atom stereocenters. The van der Waals surface area contributed by atoms with Gasteiger partial charge in [-0.25, -0.2) is 0 Å². The van der Waals surface area contributed by atoms with E-state index in [2.05, 4.69) is 5.32 Å². The molecule has 0 aromatic rings. The van der Waals surface area contributed by atoms with E-state index in [0.29, 0.717) is 0 Å². The molecule has 1 unspecified atom stereocenters. The number of hydrogen-bond donors (Lipinski definition) is 3. The molecule has 0 bridgehead atoms. The van der Waals surface area contributed by atoms with Crippen molar-refractivity contribution in [3.63, 3.8) is 0 Å². The van der Waals surface area contributed by atoms with Crippen LogP contribution in [-0.4, -0.2) is 43.4 Å². The fraction of sp³-hybridized carbons (Fsp3) is 0.900. The van der Waals surface area contributed by atoms with Crippen molar-refractivity contribution in [2.45, 2.75) is 32.9 Å². The van der Waals surface area contributed by atoms with Crippen LogP contribution in [0.3, 0.4) is 0 Å². The number of aliphatic hydroxyl groups excluding tert-OH is 1. The van der Waals surface area contributed by atoms with E-state index in [1.165, 1.54) is 7.11 Å². The number of nitrogens with two attached hydrogens (primary N) is 1. The first-order valence-electron chi connectivity index (χ1n) is 4.98. The van der Waals surface area contributed by atoms with Crippen molar-refractivity contribution >= 4 is 5.91 Å². The molecule has 0 aliphatic rings. The van der Waals surface area contributed by atoms with Crippen molar-refractivity contribution in [3.8, 4) is 0 Å². The van der Waals surface area contributed by atoms with E-state index in [-0.39, 0.29) is 24.5 Å². The van der Waals surface area contributed by atoms with E-state index in [9.17, 15) is 4.79 Å². The minimum Gasteiger partial charge on any atom is -0.394 e. The average molecular weight is 218 g/mol. The van der Waals surface area contributed by atoms with E-state index < -0.39 is 12.1 Å². The van der Waals surface area contributed by atoms with Crippen LogP contribution in [0.25, 0.3) is 0 Å². The number of rotatable bonds is 5. The Morgan fingerprint density at radius 2 is 2.07 bits per heavy atom. The van der Waals surface area contributed by atoms with Crippen molar-refractivity contribution in [1.82, 2.24) is 5.32 Å². The summed E-state index contributed by atoms with van der Waals surface area (Å²) < 4.78 is 4.85. The Morgan fingerprint density at radius 3 is 2.40 bits per heavy atom. The smallest absolute Gasteiger partial charge is 0.237 e. The molecular formula is C10H22N2O3. The summed E-state index contributed by atoms with van der Waals surface area (Å²) in [7, 11) is 1.51. The van der Waals surface area contributed by atoms with Gasteiger partial charge in [-0.3, -0.25) is 4.79 Å². The molecule has 4 N–H and O–H groups in total. The zero-order chi connectivity index (χ0) is 12.1. The second-order valence-electron chi connectivity index (χ2n) is 4.69. The highest BCUT2D eigenvalue weighted by Gasteiger charge is 2.28. The molecule has 0 aliphatic heterocycles. The summed E-state index contributed by atoms with van der Waals surface area (Å²) in [5.74, 6) is -0.265. The summed E-state index contributed by atoms with van der Waals surface area (Å²) in [4.78, 5) is 11.6. The number of hydrogen-bond acceptors (Lipinski definition) is 4. The lowest BCUT2D eigenvalue weighted by Gasteiger charge is -2.27. The Morgan fingerprint density at radius 1 is 1.53 bits per heavy atom. The molecule has 0 spiro atoms. The zero-order valence-electron chi connectivity index (χ0n) is 9.91. The number of carbonyl (C=O) groups is 1. The molecule has 0 saturated carbocycles. The molecule has 0 aliphatic carbocycles. The Labute approximate surface area is 91.0 Å². The minimum atomic E-state index is -0.594. The highest BCUT2D eigenvalue weighted by Crippen LogP contribution is 2.17. The number of ether oxygens (including phenoxy) is 1. The van der Waals surface area contributed by atoms with Crippen LogP contribution in [0.2, 0.25) is 0 Å². The van der Waals surface area contributed by atoms with Crippen LogP contribution in [0.15, 0.2) is 0 Å². The van der Waals surface area contributed by atoms with Gasteiger partial charge < -0.3 is 20.9 Å². The van der Waals surface area contributed by atoms with E-state index in [0.717, 1.165) is 0 Å². The monoisotopic (exact) mass is 218 g/mol. The maximum Gasteiger partial charge on any atom is 0.237 e. The summed E-state index contributed by atoms with van der Waals surface area (Å²) in [5.41, 5.74) is 5.46. The minimum absolute atomic E-state index is 0.156. The first-order chi connectivity index (χ1) is 6.82. The number of aliphatic hydroxyl groups is 1. The fourth-order valence-corrected chi connectivity index (χ4v) is 1.03. The Hall–Kier alpha value is -0.650. The average Bonchev–Trinajstić information content (AvgIpc) is 2.14. The van der Waals surface area contributed by atoms with Gasteiger partial charge in [0, 0.05) is 7.11 Å². The summed E-state index contributed by atoms with van der Waals surface area (Å²) in [6.07, 6.45) is 0. The molecule has 0 heterocycles. The van der Waals surface area contributed by atoms with Crippen molar-refractivity contribution in [1.29, 1.82) is 0 Å². The molecule has 0 aromatic heterocycles. The topological polar surface area (TPSA) is 84.6 Å². The van der Waals surface area contributed by atoms with E-state index >= 15 is 0 Å². The second-order valence-corrected chi connectivity index (χ2v) is 4.69. The molecule has 5 nitrogen and oxygen atoms in total. The van der Waals surface area contributed by atoms with Crippen molar-refractivity contribution < 1.29 is 14.6 Å². The molecule has 0 aromatic carbocycles. The molecule has 5 heteroatoms. The Balaban J connectivity index is 4.22. The largest absolute Gasteiger partial charge is 0.394 e. The molecule has 1 amide bonds. The van der Waals surface area contributed by atoms with Crippen LogP contribution in [0.1, 0.15) is 20.8 Å². The molecule has 90 valence electrons. The van der Waals surface area contributed by atoms with Gasteiger partial charge in [-0.05, 0) is 5.41 Å². The SMILES string of the molecule is COCC(CO)NC(=O)[C@H](N)C(C)(C)C. The highest BCUT2D eigenvalue weighted by molar-refractivity contribution is 5.82. The van der Waals surface area contributed by atoms with E-state index in [1.54, 1.807) is 0 Å². The Kier molecular flexibility index (Phi) is 5.79. The van der Waals surface area contributed by atoms with Gasteiger partial charge in [0.05, 0.1) is 25.3 Å². The maximum absolute atomic E-state index is 11.6. The van der Waals surface area contributed by atoms with Crippen molar-refractivity contribution in [2.24, 2.45) is 11.1 Å². The molecule has 0 fully saturated rings. The zero-order valence-corrected chi connectivity index (χ0v) is 9.91. The quantitative estimate of drug-likeness (QED) is 0.580. The second kappa shape index (κ2) is 6.05. The van der Waals surface area contributed by atoms with Gasteiger partial charge in [-0.15, -0.1) is 0 Å². The van der Waals surface area contributed by atoms with Gasteiger partial charge in [-0.1, -0.05) is 20.8 Å². The standard InChI is InChI=1S/C10H22N2O3/c1-10(2,3)8(11)9(14)12-7(5-13)6-15-4/h7-8,13H,5-6,11H2,1-4H3,(H,12,14)/t7?,8-/m0/s1. The highest BCUT2D eigenvalue weighted by atomic mass is 16.5. The normalized spacial score (nSPS) is 15.9. The molecule has 0 radical (unpaired) electrons. The van der Waals surface area contributed by atoms with Gasteiger partial charge in [0.25, 0.3) is 0 Å². The molecule has 0 rings (SSSR count). The Bertz CT molecular complexity index is 201. The maximum atomic E-state index is 11.6. The van der Waals surface area contributed by atoms with E-state index in [4.69, 9.17) is 15.6 Å². The molecular weight excluding hydrogens is 196 g/mol. The van der Waals surface area contributed by atoms with Crippen LogP contribution in [-0.2, 0) is 9.53 Å². The van der Waals surface area contributed by atoms with Crippen molar-refractivity contribution in [3.05, 3.63) is 0 Å². The number of amides is 1. The van der Waals surface area contributed by atoms with E-state index in [1.807, 2.05) is 20.8 Å². The third-order valence-electron chi connectivity index (χ3n) is 2.15. The lowest BCUT2D eigenvalue weighted by Crippen LogP contribution is -2.53. The third kappa shape index (κ3) is 5.11. The van der Waals surface area contributed by atoms with Gasteiger partial charge in [-0.2, -0.15) is 0 Å². The van der Waals surface area contributed by atoms with Crippen LogP contribution < -0.4 is 11.1 Å². The third-order valence-corrected chi connectivity index (χ3v) is 2.15. The van der Waals surface area contributed by atoms with Gasteiger partial charge in [0.2, 0.25) is 5.91 Å².